The van der Waals surface area contributed by atoms with Gasteiger partial charge in [-0.1, -0.05) is 60.7 Å². The molecule has 148 valence electrons. The predicted octanol–water partition coefficient (Wildman–Crippen LogP) is 4.68. The monoisotopic (exact) mass is 388 g/mol. The molecule has 0 unspecified atom stereocenters. The summed E-state index contributed by atoms with van der Waals surface area (Å²) in [6.45, 7) is 4.88. The Hall–Kier alpha value is -2.98. The van der Waals surface area contributed by atoms with Gasteiger partial charge in [-0.15, -0.1) is 0 Å². The van der Waals surface area contributed by atoms with Gasteiger partial charge in [0.15, 0.2) is 0 Å². The Morgan fingerprint density at radius 3 is 2.03 bits per heavy atom. The highest BCUT2D eigenvalue weighted by Gasteiger charge is 2.28. The molecule has 0 aromatic heterocycles. The first-order valence-corrected chi connectivity index (χ1v) is 10.0. The minimum atomic E-state index is -0.228. The second-order valence-electron chi connectivity index (χ2n) is 7.51. The van der Waals surface area contributed by atoms with Crippen molar-refractivity contribution in [2.45, 2.75) is 13.0 Å². The topological polar surface area (TPSA) is 23.6 Å². The Balaban J connectivity index is 1.53. The molecule has 3 nitrogen and oxygen atoms in total. The third-order valence-electron chi connectivity index (χ3n) is 5.64. The van der Waals surface area contributed by atoms with Crippen LogP contribution in [0.4, 0.5) is 4.39 Å². The van der Waals surface area contributed by atoms with E-state index in [4.69, 9.17) is 0 Å². The summed E-state index contributed by atoms with van der Waals surface area (Å²) in [6.07, 6.45) is 0. The lowest BCUT2D eigenvalue weighted by molar-refractivity contribution is 0.0596. The van der Waals surface area contributed by atoms with Crippen molar-refractivity contribution in [1.82, 2.24) is 9.80 Å². The first-order valence-electron chi connectivity index (χ1n) is 10.0. The number of piperazine rings is 1. The average Bonchev–Trinajstić information content (AvgIpc) is 2.76. The molecule has 29 heavy (non-hydrogen) atoms. The highest BCUT2D eigenvalue weighted by molar-refractivity contribution is 5.95. The van der Waals surface area contributed by atoms with E-state index in [-0.39, 0.29) is 17.8 Å². The van der Waals surface area contributed by atoms with E-state index in [2.05, 4.69) is 17.0 Å². The molecule has 1 aliphatic rings. The molecule has 3 aromatic carbocycles. The molecule has 0 N–H and O–H groups in total. The van der Waals surface area contributed by atoms with Gasteiger partial charge in [0.05, 0.1) is 6.04 Å². The fourth-order valence-corrected chi connectivity index (χ4v) is 4.06. The molecule has 0 saturated carbocycles. The van der Waals surface area contributed by atoms with E-state index >= 15 is 0 Å². The van der Waals surface area contributed by atoms with E-state index in [1.54, 1.807) is 0 Å². The molecule has 0 aliphatic carbocycles. The standard InChI is InChI=1S/C25H25FN2O/c1-19-7-5-6-10-23(19)25(29)28-17-15-27(16-18-28)24(20-8-3-2-4-9-20)21-11-13-22(26)14-12-21/h2-14,24H,15-18H2,1H3/t24-/m1/s1. The molecular formula is C25H25FN2O. The number of benzene rings is 3. The van der Waals surface area contributed by atoms with Crippen LogP contribution in [0.25, 0.3) is 0 Å². The number of hydrogen-bond acceptors (Lipinski definition) is 2. The summed E-state index contributed by atoms with van der Waals surface area (Å²) in [4.78, 5) is 17.3. The normalized spacial score (nSPS) is 15.9. The van der Waals surface area contributed by atoms with Crippen molar-refractivity contribution in [1.29, 1.82) is 0 Å². The van der Waals surface area contributed by atoms with Crippen molar-refractivity contribution < 1.29 is 9.18 Å². The number of amides is 1. The van der Waals surface area contributed by atoms with Crippen LogP contribution in [0.1, 0.15) is 33.1 Å². The second-order valence-corrected chi connectivity index (χ2v) is 7.51. The van der Waals surface area contributed by atoms with Crippen molar-refractivity contribution >= 4 is 5.91 Å². The maximum Gasteiger partial charge on any atom is 0.254 e. The Morgan fingerprint density at radius 1 is 0.793 bits per heavy atom. The van der Waals surface area contributed by atoms with Crippen LogP contribution >= 0.6 is 0 Å². The van der Waals surface area contributed by atoms with Crippen LogP contribution in [0.5, 0.6) is 0 Å². The SMILES string of the molecule is Cc1ccccc1C(=O)N1CCN([C@H](c2ccccc2)c2ccc(F)cc2)CC1. The molecular weight excluding hydrogens is 363 g/mol. The Kier molecular flexibility index (Phi) is 5.72. The summed E-state index contributed by atoms with van der Waals surface area (Å²) in [5.74, 6) is -0.130. The molecule has 1 heterocycles. The molecule has 0 radical (unpaired) electrons. The average molecular weight is 388 g/mol. The molecule has 1 atom stereocenters. The summed E-state index contributed by atoms with van der Waals surface area (Å²) in [7, 11) is 0. The summed E-state index contributed by atoms with van der Waals surface area (Å²) < 4.78 is 13.5. The number of rotatable bonds is 4. The number of carbonyl (C=O) groups excluding carboxylic acids is 1. The Bertz CT molecular complexity index is 964. The Labute approximate surface area is 171 Å². The maximum atomic E-state index is 13.5. The van der Waals surface area contributed by atoms with Crippen LogP contribution in [0.15, 0.2) is 78.9 Å². The third-order valence-corrected chi connectivity index (χ3v) is 5.64. The van der Waals surface area contributed by atoms with Gasteiger partial charge in [-0.25, -0.2) is 4.39 Å². The van der Waals surface area contributed by atoms with Crippen molar-refractivity contribution in [2.75, 3.05) is 26.2 Å². The fourth-order valence-electron chi connectivity index (χ4n) is 4.06. The molecule has 4 rings (SSSR count). The zero-order valence-corrected chi connectivity index (χ0v) is 16.6. The van der Waals surface area contributed by atoms with Gasteiger partial charge in [0.1, 0.15) is 5.82 Å². The van der Waals surface area contributed by atoms with Gasteiger partial charge >= 0.3 is 0 Å². The van der Waals surface area contributed by atoms with E-state index in [0.717, 1.165) is 29.8 Å². The van der Waals surface area contributed by atoms with Crippen molar-refractivity contribution in [3.8, 4) is 0 Å². The highest BCUT2D eigenvalue weighted by atomic mass is 19.1. The number of aryl methyl sites for hydroxylation is 1. The van der Waals surface area contributed by atoms with Crippen molar-refractivity contribution in [3.05, 3.63) is 107 Å². The molecule has 4 heteroatoms. The molecule has 0 bridgehead atoms. The predicted molar refractivity (Wildman–Crippen MR) is 113 cm³/mol. The lowest BCUT2D eigenvalue weighted by Crippen LogP contribution is -2.50. The molecule has 1 aliphatic heterocycles. The van der Waals surface area contributed by atoms with Gasteiger partial charge in [0.2, 0.25) is 0 Å². The van der Waals surface area contributed by atoms with Gasteiger partial charge in [-0.05, 0) is 41.8 Å². The molecule has 3 aromatic rings. The summed E-state index contributed by atoms with van der Waals surface area (Å²) in [5.41, 5.74) is 4.03. The third kappa shape index (κ3) is 4.22. The maximum absolute atomic E-state index is 13.5. The quantitative estimate of drug-likeness (QED) is 0.648. The minimum Gasteiger partial charge on any atom is -0.336 e. The zero-order valence-electron chi connectivity index (χ0n) is 16.6. The highest BCUT2D eigenvalue weighted by Crippen LogP contribution is 2.30. The molecule has 1 fully saturated rings. The van der Waals surface area contributed by atoms with Crippen molar-refractivity contribution in [3.63, 3.8) is 0 Å². The number of hydrogen-bond donors (Lipinski definition) is 0. The lowest BCUT2D eigenvalue weighted by atomic mass is 9.96. The first kappa shape index (κ1) is 19.3. The van der Waals surface area contributed by atoms with Crippen LogP contribution in [0.3, 0.4) is 0 Å². The van der Waals surface area contributed by atoms with Crippen LogP contribution in [-0.2, 0) is 0 Å². The largest absolute Gasteiger partial charge is 0.336 e. The van der Waals surface area contributed by atoms with Gasteiger partial charge < -0.3 is 4.90 Å². The van der Waals surface area contributed by atoms with E-state index in [1.165, 1.54) is 17.7 Å². The smallest absolute Gasteiger partial charge is 0.254 e. The van der Waals surface area contributed by atoms with Gasteiger partial charge in [0, 0.05) is 31.7 Å². The number of halogens is 1. The molecule has 1 amide bonds. The summed E-state index contributed by atoms with van der Waals surface area (Å²) in [6, 6.07) is 24.8. The summed E-state index contributed by atoms with van der Waals surface area (Å²) >= 11 is 0. The lowest BCUT2D eigenvalue weighted by Gasteiger charge is -2.40. The van der Waals surface area contributed by atoms with Crippen LogP contribution in [0, 0.1) is 12.7 Å². The summed E-state index contributed by atoms with van der Waals surface area (Å²) in [5, 5.41) is 0. The van der Waals surface area contributed by atoms with E-state index in [9.17, 15) is 9.18 Å². The van der Waals surface area contributed by atoms with E-state index < -0.39 is 0 Å². The number of carbonyl (C=O) groups is 1. The second kappa shape index (κ2) is 8.58. The van der Waals surface area contributed by atoms with Gasteiger partial charge in [-0.2, -0.15) is 0 Å². The first-order chi connectivity index (χ1) is 14.1. The van der Waals surface area contributed by atoms with Crippen LogP contribution in [0.2, 0.25) is 0 Å². The fraction of sp³-hybridized carbons (Fsp3) is 0.240. The molecule has 0 spiro atoms. The van der Waals surface area contributed by atoms with Crippen molar-refractivity contribution in [2.24, 2.45) is 0 Å². The molecule has 1 saturated heterocycles. The van der Waals surface area contributed by atoms with Gasteiger partial charge in [-0.3, -0.25) is 9.69 Å². The van der Waals surface area contributed by atoms with E-state index in [0.29, 0.717) is 13.1 Å². The van der Waals surface area contributed by atoms with Gasteiger partial charge in [0.25, 0.3) is 5.91 Å². The minimum absolute atomic E-state index is 0.0486. The Morgan fingerprint density at radius 2 is 1.38 bits per heavy atom. The van der Waals surface area contributed by atoms with Crippen LogP contribution < -0.4 is 0 Å². The van der Waals surface area contributed by atoms with Crippen LogP contribution in [-0.4, -0.2) is 41.9 Å². The van der Waals surface area contributed by atoms with E-state index in [1.807, 2.05) is 66.4 Å². The number of nitrogens with zero attached hydrogens (tertiary/aromatic N) is 2. The zero-order chi connectivity index (χ0) is 20.2.